The first-order chi connectivity index (χ1) is 8.99. The van der Waals surface area contributed by atoms with E-state index in [1.54, 1.807) is 0 Å². The van der Waals surface area contributed by atoms with E-state index in [-0.39, 0.29) is 4.90 Å². The topological polar surface area (TPSA) is 89.3 Å². The van der Waals surface area contributed by atoms with E-state index in [0.717, 1.165) is 0 Å². The Labute approximate surface area is 114 Å². The number of primary sulfonamides is 1. The number of halogens is 3. The Morgan fingerprint density at radius 3 is 2.50 bits per heavy atom. The molecule has 5 nitrogen and oxygen atoms in total. The minimum atomic E-state index is -4.59. The number of amides is 1. The lowest BCUT2D eigenvalue weighted by Crippen LogP contribution is -2.30. The third-order valence-electron chi connectivity index (χ3n) is 2.43. The first-order valence-corrected chi connectivity index (χ1v) is 7.02. The van der Waals surface area contributed by atoms with Gasteiger partial charge in [0.2, 0.25) is 15.9 Å². The van der Waals surface area contributed by atoms with Crippen molar-refractivity contribution in [2.75, 3.05) is 0 Å². The number of carbonyl (C=O) groups excluding carboxylic acids is 1. The van der Waals surface area contributed by atoms with Gasteiger partial charge in [-0.25, -0.2) is 13.6 Å². The van der Waals surface area contributed by atoms with Crippen molar-refractivity contribution in [2.24, 2.45) is 5.14 Å². The fourth-order valence-corrected chi connectivity index (χ4v) is 2.09. The fourth-order valence-electron chi connectivity index (χ4n) is 1.52. The SMILES string of the molecule is CC(NC(=O)CC(F)(F)F)c1cccc(S(N)(=O)=O)c1. The Morgan fingerprint density at radius 1 is 1.40 bits per heavy atom. The third kappa shape index (κ3) is 5.17. The molecule has 1 amide bonds. The molecule has 0 saturated heterocycles. The van der Waals surface area contributed by atoms with Gasteiger partial charge in [-0.3, -0.25) is 4.79 Å². The highest BCUT2D eigenvalue weighted by Gasteiger charge is 2.31. The molecule has 1 atom stereocenters. The van der Waals surface area contributed by atoms with Crippen LogP contribution in [0.25, 0.3) is 0 Å². The van der Waals surface area contributed by atoms with E-state index in [9.17, 15) is 26.4 Å². The molecule has 1 aromatic rings. The van der Waals surface area contributed by atoms with Crippen LogP contribution in [0.15, 0.2) is 29.2 Å². The molecule has 0 saturated carbocycles. The second-order valence-corrected chi connectivity index (χ2v) is 5.76. The molecule has 0 radical (unpaired) electrons. The second-order valence-electron chi connectivity index (χ2n) is 4.20. The van der Waals surface area contributed by atoms with Crippen LogP contribution in [0.3, 0.4) is 0 Å². The van der Waals surface area contributed by atoms with Crippen LogP contribution >= 0.6 is 0 Å². The molecule has 0 aliphatic rings. The fraction of sp³-hybridized carbons (Fsp3) is 0.364. The van der Waals surface area contributed by atoms with Gasteiger partial charge in [0, 0.05) is 0 Å². The number of nitrogens with two attached hydrogens (primary N) is 1. The molecule has 9 heteroatoms. The van der Waals surface area contributed by atoms with Crippen molar-refractivity contribution in [2.45, 2.75) is 30.5 Å². The summed E-state index contributed by atoms with van der Waals surface area (Å²) in [4.78, 5) is 11.0. The molecule has 0 bridgehead atoms. The zero-order valence-electron chi connectivity index (χ0n) is 10.4. The zero-order chi connectivity index (χ0) is 15.6. The van der Waals surface area contributed by atoms with Crippen LogP contribution in [0.2, 0.25) is 0 Å². The van der Waals surface area contributed by atoms with E-state index in [4.69, 9.17) is 5.14 Å². The summed E-state index contributed by atoms with van der Waals surface area (Å²) in [6.45, 7) is 1.44. The van der Waals surface area contributed by atoms with Crippen molar-refractivity contribution in [1.29, 1.82) is 0 Å². The number of sulfonamides is 1. The highest BCUT2D eigenvalue weighted by molar-refractivity contribution is 7.89. The summed E-state index contributed by atoms with van der Waals surface area (Å²) in [5, 5.41) is 7.08. The molecule has 0 aliphatic heterocycles. The van der Waals surface area contributed by atoms with E-state index >= 15 is 0 Å². The Bertz CT molecular complexity index is 599. The minimum Gasteiger partial charge on any atom is -0.349 e. The average molecular weight is 310 g/mol. The molecule has 1 aromatic carbocycles. The molecular weight excluding hydrogens is 297 g/mol. The van der Waals surface area contributed by atoms with Crippen molar-refractivity contribution >= 4 is 15.9 Å². The molecule has 0 aromatic heterocycles. The van der Waals surface area contributed by atoms with Crippen LogP contribution in [0.5, 0.6) is 0 Å². The Hall–Kier alpha value is -1.61. The number of carbonyl (C=O) groups is 1. The molecular formula is C11H13F3N2O3S. The van der Waals surface area contributed by atoms with E-state index in [0.29, 0.717) is 5.56 Å². The van der Waals surface area contributed by atoms with Crippen molar-refractivity contribution < 1.29 is 26.4 Å². The molecule has 1 unspecified atom stereocenters. The van der Waals surface area contributed by atoms with Gasteiger partial charge < -0.3 is 5.32 Å². The highest BCUT2D eigenvalue weighted by atomic mass is 32.2. The molecule has 0 heterocycles. The summed E-state index contributed by atoms with van der Waals surface area (Å²) in [6.07, 6.45) is -6.18. The molecule has 20 heavy (non-hydrogen) atoms. The van der Waals surface area contributed by atoms with Gasteiger partial charge in [-0.05, 0) is 24.6 Å². The average Bonchev–Trinajstić information content (AvgIpc) is 2.25. The van der Waals surface area contributed by atoms with Gasteiger partial charge in [0.1, 0.15) is 6.42 Å². The van der Waals surface area contributed by atoms with E-state index in [1.807, 2.05) is 0 Å². The van der Waals surface area contributed by atoms with Crippen LogP contribution in [0.4, 0.5) is 13.2 Å². The number of hydrogen-bond acceptors (Lipinski definition) is 3. The standard InChI is InChI=1S/C11H13F3N2O3S/c1-7(16-10(17)6-11(12,13)14)8-3-2-4-9(5-8)20(15,18)19/h2-5,7H,6H2,1H3,(H,16,17)(H2,15,18,19). The van der Waals surface area contributed by atoms with Crippen molar-refractivity contribution in [1.82, 2.24) is 5.32 Å². The van der Waals surface area contributed by atoms with E-state index in [2.05, 4.69) is 5.32 Å². The van der Waals surface area contributed by atoms with Gasteiger partial charge in [-0.15, -0.1) is 0 Å². The van der Waals surface area contributed by atoms with Crippen LogP contribution in [0, 0.1) is 0 Å². The molecule has 112 valence electrons. The predicted molar refractivity (Wildman–Crippen MR) is 65.0 cm³/mol. The summed E-state index contributed by atoms with van der Waals surface area (Å²) in [6, 6.07) is 4.55. The van der Waals surface area contributed by atoms with Gasteiger partial charge in [0.05, 0.1) is 10.9 Å². The number of alkyl halides is 3. The summed E-state index contributed by atoms with van der Waals surface area (Å²) >= 11 is 0. The van der Waals surface area contributed by atoms with Crippen molar-refractivity contribution in [3.8, 4) is 0 Å². The molecule has 3 N–H and O–H groups in total. The first kappa shape index (κ1) is 16.4. The summed E-state index contributed by atoms with van der Waals surface area (Å²) in [7, 11) is -3.91. The van der Waals surface area contributed by atoms with Gasteiger partial charge in [0.15, 0.2) is 0 Å². The number of nitrogens with one attached hydrogen (secondary N) is 1. The lowest BCUT2D eigenvalue weighted by Gasteiger charge is -2.15. The van der Waals surface area contributed by atoms with Crippen LogP contribution in [0.1, 0.15) is 24.9 Å². The summed E-state index contributed by atoms with van der Waals surface area (Å²) in [5.41, 5.74) is 0.340. The lowest BCUT2D eigenvalue weighted by atomic mass is 10.1. The maximum Gasteiger partial charge on any atom is 0.397 e. The van der Waals surface area contributed by atoms with Crippen LogP contribution in [-0.2, 0) is 14.8 Å². The summed E-state index contributed by atoms with van der Waals surface area (Å²) < 4.78 is 58.4. The van der Waals surface area contributed by atoms with Gasteiger partial charge in [-0.1, -0.05) is 12.1 Å². The highest BCUT2D eigenvalue weighted by Crippen LogP contribution is 2.21. The van der Waals surface area contributed by atoms with E-state index in [1.165, 1.54) is 31.2 Å². The maximum atomic E-state index is 12.0. The maximum absolute atomic E-state index is 12.0. The number of rotatable bonds is 4. The Kier molecular flexibility index (Phi) is 4.77. The first-order valence-electron chi connectivity index (χ1n) is 5.48. The van der Waals surface area contributed by atoms with Gasteiger partial charge in [0.25, 0.3) is 0 Å². The number of hydrogen-bond donors (Lipinski definition) is 2. The van der Waals surface area contributed by atoms with E-state index < -0.39 is 34.6 Å². The third-order valence-corrected chi connectivity index (χ3v) is 3.34. The van der Waals surface area contributed by atoms with Gasteiger partial charge in [-0.2, -0.15) is 13.2 Å². The van der Waals surface area contributed by atoms with Crippen molar-refractivity contribution in [3.63, 3.8) is 0 Å². The quantitative estimate of drug-likeness (QED) is 0.882. The molecule has 0 aliphatic carbocycles. The molecule has 0 fully saturated rings. The lowest BCUT2D eigenvalue weighted by molar-refractivity contribution is -0.154. The van der Waals surface area contributed by atoms with Crippen LogP contribution in [-0.4, -0.2) is 20.5 Å². The smallest absolute Gasteiger partial charge is 0.349 e. The molecule has 1 rings (SSSR count). The summed E-state index contributed by atoms with van der Waals surface area (Å²) in [5.74, 6) is -1.19. The predicted octanol–water partition coefficient (Wildman–Crippen LogP) is 1.46. The number of benzene rings is 1. The Morgan fingerprint density at radius 2 is 2.00 bits per heavy atom. The van der Waals surface area contributed by atoms with Crippen LogP contribution < -0.4 is 10.5 Å². The molecule has 0 spiro atoms. The zero-order valence-corrected chi connectivity index (χ0v) is 11.3. The second kappa shape index (κ2) is 5.80. The monoisotopic (exact) mass is 310 g/mol. The normalized spacial score (nSPS) is 13.8. The van der Waals surface area contributed by atoms with Crippen molar-refractivity contribution in [3.05, 3.63) is 29.8 Å². The Balaban J connectivity index is 2.83. The largest absolute Gasteiger partial charge is 0.397 e. The minimum absolute atomic E-state index is 0.174. The van der Waals surface area contributed by atoms with Gasteiger partial charge >= 0.3 is 6.18 Å².